The van der Waals surface area contributed by atoms with Gasteiger partial charge >= 0.3 is 43.7 Å². The van der Waals surface area contributed by atoms with Crippen molar-refractivity contribution in [2.24, 2.45) is 0 Å². The van der Waals surface area contributed by atoms with Crippen molar-refractivity contribution in [3.63, 3.8) is 0 Å². The smallest absolute Gasteiger partial charge is 0.872 e. The Morgan fingerprint density at radius 3 is 1.27 bits per heavy atom. The van der Waals surface area contributed by atoms with Crippen molar-refractivity contribution < 1.29 is 30.0 Å². The number of hydrogen-bond donors (Lipinski definition) is 2. The van der Waals surface area contributed by atoms with Gasteiger partial charge in [-0.15, -0.1) is 5.75 Å². The van der Waals surface area contributed by atoms with Gasteiger partial charge < -0.3 is 25.2 Å². The van der Waals surface area contributed by atoms with E-state index in [2.05, 4.69) is 13.8 Å². The second-order valence-electron chi connectivity index (χ2n) is 13.5. The maximum absolute atomic E-state index is 11.8. The zero-order chi connectivity index (χ0) is 35.2. The summed E-state index contributed by atoms with van der Waals surface area (Å²) in [6.07, 6.45) is 31.6. The molecule has 0 bridgehead atoms. The zero-order valence-corrected chi connectivity index (χ0v) is 33.3. The predicted octanol–water partition coefficient (Wildman–Crippen LogP) is 10.3. The number of phenols is 1. The Bertz CT molecular complexity index is 1030. The van der Waals surface area contributed by atoms with Crippen molar-refractivity contribution in [2.75, 3.05) is 0 Å². The van der Waals surface area contributed by atoms with Gasteiger partial charge in [-0.25, -0.2) is 4.79 Å². The van der Waals surface area contributed by atoms with Crippen LogP contribution in [-0.4, -0.2) is 59.9 Å². The number of aromatic hydroxyl groups is 1. The van der Waals surface area contributed by atoms with Crippen LogP contribution in [0.4, 0.5) is 0 Å². The molecule has 49 heavy (non-hydrogen) atoms. The van der Waals surface area contributed by atoms with E-state index in [0.29, 0.717) is 24.0 Å². The molecule has 0 radical (unpaired) electrons. The van der Waals surface area contributed by atoms with Crippen molar-refractivity contribution in [1.82, 2.24) is 0 Å². The first kappa shape index (κ1) is 47.2. The van der Waals surface area contributed by atoms with Crippen molar-refractivity contribution in [3.8, 4) is 11.5 Å². The Kier molecular flexibility index (Phi) is 31.0. The minimum absolute atomic E-state index is 0. The van der Waals surface area contributed by atoms with Gasteiger partial charge in [-0.3, -0.25) is 0 Å². The van der Waals surface area contributed by atoms with E-state index < -0.39 is 11.9 Å². The Hall–Kier alpha value is -1.76. The molecule has 2 N–H and O–H groups in total. The van der Waals surface area contributed by atoms with Crippen LogP contribution in [0, 0.1) is 0 Å². The van der Waals surface area contributed by atoms with Crippen LogP contribution in [0.1, 0.15) is 200 Å². The number of carboxylic acid groups (broad SMARTS) is 2. The van der Waals surface area contributed by atoms with E-state index in [9.17, 15) is 30.0 Å². The normalized spacial score (nSPS) is 10.7. The first-order valence-electron chi connectivity index (χ1n) is 19.4. The van der Waals surface area contributed by atoms with Crippen LogP contribution < -0.4 is 10.2 Å². The summed E-state index contributed by atoms with van der Waals surface area (Å²) < 4.78 is 0. The second-order valence-corrected chi connectivity index (χ2v) is 13.5. The third-order valence-corrected chi connectivity index (χ3v) is 9.30. The van der Waals surface area contributed by atoms with Gasteiger partial charge in [-0.2, -0.15) is 0 Å². The Balaban J connectivity index is 0.000000922. The third kappa shape index (κ3) is 23.4. The standard InChI is InChI=1S/2C21H34O3.Ca/c2*1-2-3-4-5-6-7-8-9-10-11-12-13-15-18-19(21(23)24)16-14-17-20(18)22;/h2*14,16-17,22H,2-13,15H2,1H3,(H,23,24);/q;;+2/p-2. The minimum Gasteiger partial charge on any atom is -0.872 e. The number of benzene rings is 2. The van der Waals surface area contributed by atoms with Gasteiger partial charge in [0.1, 0.15) is 5.75 Å². The largest absolute Gasteiger partial charge is 2.00 e. The zero-order valence-electron chi connectivity index (χ0n) is 31.1. The summed E-state index contributed by atoms with van der Waals surface area (Å²) in [7, 11) is 0. The van der Waals surface area contributed by atoms with Crippen molar-refractivity contribution in [2.45, 2.75) is 181 Å². The summed E-state index contributed by atoms with van der Waals surface area (Å²) in [6, 6.07) is 9.11. The molecule has 0 fully saturated rings. The minimum atomic E-state index is -1.25. The summed E-state index contributed by atoms with van der Waals surface area (Å²) in [4.78, 5) is 22.2. The molecule has 2 aromatic carbocycles. The molecule has 0 saturated carbocycles. The molecule has 0 saturated heterocycles. The average Bonchev–Trinajstić information content (AvgIpc) is 3.07. The monoisotopic (exact) mass is 706 g/mol. The Labute approximate surface area is 328 Å². The number of rotatable bonds is 28. The summed E-state index contributed by atoms with van der Waals surface area (Å²) in [6.45, 7) is 4.50. The topological polar surface area (TPSA) is 121 Å². The van der Waals surface area contributed by atoms with Crippen LogP contribution in [0.25, 0.3) is 0 Å². The van der Waals surface area contributed by atoms with Gasteiger partial charge in [0.2, 0.25) is 0 Å². The molecule has 0 aliphatic rings. The fourth-order valence-electron chi connectivity index (χ4n) is 6.34. The van der Waals surface area contributed by atoms with E-state index in [0.717, 1.165) is 32.1 Å². The number of hydrogen-bond acceptors (Lipinski definition) is 5. The van der Waals surface area contributed by atoms with Gasteiger partial charge in [0.25, 0.3) is 0 Å². The molecular formula is C42H66CaO6. The van der Waals surface area contributed by atoms with Gasteiger partial charge in [0.05, 0.1) is 11.5 Å². The Morgan fingerprint density at radius 1 is 0.531 bits per heavy atom. The van der Waals surface area contributed by atoms with Crippen LogP contribution in [0.15, 0.2) is 36.4 Å². The third-order valence-electron chi connectivity index (χ3n) is 9.30. The SMILES string of the molecule is CCCCCCCCCCCCCCc1c(O)cccc1C(=O)O.CCCCCCCCCCCCCCc1c([O-])cccc1C(=O)[O-].[Ca+2]. The van der Waals surface area contributed by atoms with Crippen LogP contribution in [0.3, 0.4) is 0 Å². The molecule has 6 nitrogen and oxygen atoms in total. The molecule has 0 atom stereocenters. The maximum atomic E-state index is 11.8. The number of aromatic carboxylic acids is 2. The molecule has 0 unspecified atom stereocenters. The number of carbonyl (C=O) groups is 2. The van der Waals surface area contributed by atoms with E-state index >= 15 is 0 Å². The van der Waals surface area contributed by atoms with E-state index in [-0.39, 0.29) is 60.4 Å². The molecular weight excluding hydrogens is 641 g/mol. The quantitative estimate of drug-likeness (QED) is 0.0671. The average molecular weight is 707 g/mol. The first-order valence-corrected chi connectivity index (χ1v) is 19.4. The van der Waals surface area contributed by atoms with Crippen LogP contribution in [0.2, 0.25) is 0 Å². The number of carboxylic acids is 2. The molecule has 7 heteroatoms. The van der Waals surface area contributed by atoms with Crippen LogP contribution in [0.5, 0.6) is 11.5 Å². The fraction of sp³-hybridized carbons (Fsp3) is 0.667. The number of phenolic OH excluding ortho intramolecular Hbond substituents is 1. The summed E-state index contributed by atoms with van der Waals surface area (Å²) in [5.41, 5.74) is 1.28. The second kappa shape index (κ2) is 32.2. The van der Waals surface area contributed by atoms with E-state index in [1.807, 2.05) is 0 Å². The number of unbranched alkanes of at least 4 members (excludes halogenated alkanes) is 22. The van der Waals surface area contributed by atoms with Crippen molar-refractivity contribution in [3.05, 3.63) is 58.7 Å². The molecule has 0 amide bonds. The van der Waals surface area contributed by atoms with Crippen LogP contribution in [-0.2, 0) is 12.8 Å². The fourth-order valence-corrected chi connectivity index (χ4v) is 6.34. The van der Waals surface area contributed by atoms with E-state index in [1.54, 1.807) is 18.2 Å². The van der Waals surface area contributed by atoms with E-state index in [4.69, 9.17) is 0 Å². The van der Waals surface area contributed by atoms with E-state index in [1.165, 1.54) is 140 Å². The summed E-state index contributed by atoms with van der Waals surface area (Å²) in [5, 5.41) is 41.9. The molecule has 2 aromatic rings. The van der Waals surface area contributed by atoms with Gasteiger partial charge in [-0.05, 0) is 48.9 Å². The summed E-state index contributed by atoms with van der Waals surface area (Å²) in [5.74, 6) is -2.28. The van der Waals surface area contributed by atoms with Crippen molar-refractivity contribution in [1.29, 1.82) is 0 Å². The molecule has 0 aliphatic carbocycles. The molecule has 0 spiro atoms. The summed E-state index contributed by atoms with van der Waals surface area (Å²) >= 11 is 0. The van der Waals surface area contributed by atoms with Crippen molar-refractivity contribution >= 4 is 49.7 Å². The van der Waals surface area contributed by atoms with Gasteiger partial charge in [0, 0.05) is 5.56 Å². The molecule has 0 aromatic heterocycles. The number of carbonyl (C=O) groups excluding carboxylic acids is 1. The molecule has 2 rings (SSSR count). The molecule has 0 aliphatic heterocycles. The Morgan fingerprint density at radius 2 is 0.878 bits per heavy atom. The predicted molar refractivity (Wildman–Crippen MR) is 201 cm³/mol. The molecule has 0 heterocycles. The van der Waals surface area contributed by atoms with Crippen LogP contribution >= 0.6 is 0 Å². The van der Waals surface area contributed by atoms with Gasteiger partial charge in [0.15, 0.2) is 0 Å². The van der Waals surface area contributed by atoms with Gasteiger partial charge in [-0.1, -0.05) is 179 Å². The first-order chi connectivity index (χ1) is 23.3. The maximum Gasteiger partial charge on any atom is 2.00 e. The molecule has 272 valence electrons.